The zero-order valence-electron chi connectivity index (χ0n) is 19.4. The number of nitrogens with two attached hydrogens (primary N) is 1. The van der Waals surface area contributed by atoms with Crippen LogP contribution in [0.25, 0.3) is 0 Å². The number of hydrogen-bond acceptors (Lipinski definition) is 6. The largest absolute Gasteiger partial charge is 0.368 e. The van der Waals surface area contributed by atoms with Crippen LogP contribution in [0.15, 0.2) is 23.1 Å². The third-order valence-corrected chi connectivity index (χ3v) is 7.89. The molecule has 3 N–H and O–H groups in total. The van der Waals surface area contributed by atoms with Gasteiger partial charge in [-0.05, 0) is 51.3 Å². The van der Waals surface area contributed by atoms with Gasteiger partial charge < -0.3 is 15.5 Å². The highest BCUT2D eigenvalue weighted by atomic mass is 32.2. The second-order valence-corrected chi connectivity index (χ2v) is 10.5. The maximum atomic E-state index is 13.2. The predicted molar refractivity (Wildman–Crippen MR) is 124 cm³/mol. The van der Waals surface area contributed by atoms with Gasteiger partial charge in [-0.25, -0.2) is 8.42 Å². The van der Waals surface area contributed by atoms with Crippen LogP contribution in [0.2, 0.25) is 0 Å². The lowest BCUT2D eigenvalue weighted by atomic mass is 10.1. The third-order valence-electron chi connectivity index (χ3n) is 6.32. The topological polar surface area (TPSA) is 133 Å². The van der Waals surface area contributed by atoms with Crippen LogP contribution in [0.1, 0.15) is 38.7 Å². The first-order chi connectivity index (χ1) is 15.5. The molecule has 0 bridgehead atoms. The van der Waals surface area contributed by atoms with E-state index >= 15 is 0 Å². The van der Waals surface area contributed by atoms with Crippen molar-refractivity contribution >= 4 is 33.4 Å². The van der Waals surface area contributed by atoms with Crippen molar-refractivity contribution in [3.63, 3.8) is 0 Å². The fourth-order valence-corrected chi connectivity index (χ4v) is 5.76. The number of benzene rings is 1. The van der Waals surface area contributed by atoms with Crippen molar-refractivity contribution in [3.8, 4) is 0 Å². The highest BCUT2D eigenvalue weighted by molar-refractivity contribution is 7.89. The Morgan fingerprint density at radius 1 is 1.06 bits per heavy atom. The Hall–Kier alpha value is -2.50. The van der Waals surface area contributed by atoms with Gasteiger partial charge in [-0.3, -0.25) is 19.3 Å². The van der Waals surface area contributed by atoms with Crippen molar-refractivity contribution in [1.29, 1.82) is 0 Å². The van der Waals surface area contributed by atoms with Gasteiger partial charge in [0.05, 0.1) is 4.90 Å². The van der Waals surface area contributed by atoms with Gasteiger partial charge in [-0.15, -0.1) is 0 Å². The van der Waals surface area contributed by atoms with Crippen molar-refractivity contribution < 1.29 is 22.8 Å². The first-order valence-electron chi connectivity index (χ1n) is 11.3. The van der Waals surface area contributed by atoms with Crippen LogP contribution in [0.5, 0.6) is 0 Å². The fourth-order valence-electron chi connectivity index (χ4n) is 4.34. The van der Waals surface area contributed by atoms with Crippen molar-refractivity contribution in [1.82, 2.24) is 14.5 Å². The van der Waals surface area contributed by atoms with Crippen LogP contribution in [0.3, 0.4) is 0 Å². The number of hydrogen-bond donors (Lipinski definition) is 2. The van der Waals surface area contributed by atoms with Crippen molar-refractivity contribution in [3.05, 3.63) is 23.8 Å². The molecular formula is C22H33N5O5S. The van der Waals surface area contributed by atoms with Crippen molar-refractivity contribution in [2.75, 3.05) is 37.6 Å². The summed E-state index contributed by atoms with van der Waals surface area (Å²) in [6, 6.07) is 3.25. The Balaban J connectivity index is 1.82. The molecule has 1 atom stereocenters. The van der Waals surface area contributed by atoms with E-state index in [0.29, 0.717) is 56.4 Å². The number of piperazine rings is 1. The SMILES string of the molecule is Cc1c(N2CCCCC2=O)cccc1S(=O)(=O)N[C@@H](C(N)=O)C(=O)N1CCN(C(C)C)CC1. The zero-order chi connectivity index (χ0) is 24.3. The lowest BCUT2D eigenvalue weighted by Gasteiger charge is -2.37. The number of nitrogens with zero attached hydrogens (tertiary/aromatic N) is 3. The summed E-state index contributed by atoms with van der Waals surface area (Å²) >= 11 is 0. The molecule has 2 aliphatic rings. The summed E-state index contributed by atoms with van der Waals surface area (Å²) in [6.07, 6.45) is 2.06. The van der Waals surface area contributed by atoms with E-state index < -0.39 is 27.9 Å². The zero-order valence-corrected chi connectivity index (χ0v) is 20.2. The maximum Gasteiger partial charge on any atom is 0.250 e. The summed E-state index contributed by atoms with van der Waals surface area (Å²) in [4.78, 5) is 42.6. The molecule has 3 rings (SSSR count). The molecule has 0 unspecified atom stereocenters. The normalized spacial score (nSPS) is 19.1. The van der Waals surface area contributed by atoms with Crippen LogP contribution in [-0.4, -0.2) is 80.7 Å². The van der Waals surface area contributed by atoms with Crippen LogP contribution < -0.4 is 15.4 Å². The second-order valence-electron chi connectivity index (χ2n) is 8.81. The molecule has 2 saturated heterocycles. The van der Waals surface area contributed by atoms with Gasteiger partial charge in [-0.1, -0.05) is 6.07 Å². The van der Waals surface area contributed by atoms with E-state index in [9.17, 15) is 22.8 Å². The second kappa shape index (κ2) is 10.2. The first-order valence-corrected chi connectivity index (χ1v) is 12.8. The molecule has 0 saturated carbocycles. The molecule has 182 valence electrons. The summed E-state index contributed by atoms with van der Waals surface area (Å²) in [7, 11) is -4.27. The van der Waals surface area contributed by atoms with E-state index in [1.165, 1.54) is 11.0 Å². The Bertz CT molecular complexity index is 1020. The number of nitrogens with one attached hydrogen (secondary N) is 1. The summed E-state index contributed by atoms with van der Waals surface area (Å²) in [5.41, 5.74) is 6.32. The maximum absolute atomic E-state index is 13.2. The summed E-state index contributed by atoms with van der Waals surface area (Å²) in [6.45, 7) is 8.28. The summed E-state index contributed by atoms with van der Waals surface area (Å²) < 4.78 is 28.6. The number of carbonyl (C=O) groups excluding carboxylic acids is 3. The molecule has 2 aliphatic heterocycles. The number of anilines is 1. The summed E-state index contributed by atoms with van der Waals surface area (Å²) in [5, 5.41) is 0. The molecule has 1 aromatic carbocycles. The average molecular weight is 480 g/mol. The number of carbonyl (C=O) groups is 3. The molecule has 3 amide bonds. The van der Waals surface area contributed by atoms with E-state index in [0.717, 1.165) is 12.8 Å². The molecule has 2 heterocycles. The molecule has 0 spiro atoms. The van der Waals surface area contributed by atoms with Gasteiger partial charge in [0.15, 0.2) is 6.04 Å². The van der Waals surface area contributed by atoms with Gasteiger partial charge >= 0.3 is 0 Å². The standard InChI is InChI=1S/C22H33N5O5S/c1-15(2)25-11-13-26(14-12-25)22(30)20(21(23)29)24-33(31,32)18-8-6-7-17(16(18)3)27-10-5-4-9-19(27)28/h6-8,15,20,24H,4-5,9-14H2,1-3H3,(H2,23,29)/t20-/m0/s1. The molecule has 0 aliphatic carbocycles. The number of sulfonamides is 1. The van der Waals surface area contributed by atoms with Gasteiger partial charge in [0.1, 0.15) is 0 Å². The van der Waals surface area contributed by atoms with E-state index in [1.807, 2.05) is 0 Å². The van der Waals surface area contributed by atoms with Gasteiger partial charge in [0.2, 0.25) is 21.8 Å². The lowest BCUT2D eigenvalue weighted by molar-refractivity contribution is -0.139. The summed E-state index contributed by atoms with van der Waals surface area (Å²) in [5.74, 6) is -1.78. The molecule has 2 fully saturated rings. The number of primary amides is 1. The van der Waals surface area contributed by atoms with E-state index in [-0.39, 0.29) is 10.8 Å². The third kappa shape index (κ3) is 5.53. The number of rotatable bonds is 7. The Morgan fingerprint density at radius 2 is 1.73 bits per heavy atom. The van der Waals surface area contributed by atoms with Gasteiger partial charge in [0, 0.05) is 50.9 Å². The minimum Gasteiger partial charge on any atom is -0.368 e. The average Bonchev–Trinajstić information content (AvgIpc) is 2.77. The van der Waals surface area contributed by atoms with Crippen LogP contribution >= 0.6 is 0 Å². The highest BCUT2D eigenvalue weighted by Gasteiger charge is 2.36. The van der Waals surface area contributed by atoms with Crippen LogP contribution in [0, 0.1) is 6.92 Å². The van der Waals surface area contributed by atoms with Crippen LogP contribution in [-0.2, 0) is 24.4 Å². The molecule has 33 heavy (non-hydrogen) atoms. The minimum absolute atomic E-state index is 0.0578. The van der Waals surface area contributed by atoms with E-state index in [1.54, 1.807) is 24.0 Å². The lowest BCUT2D eigenvalue weighted by Crippen LogP contribution is -2.59. The monoisotopic (exact) mass is 479 g/mol. The van der Waals surface area contributed by atoms with E-state index in [2.05, 4.69) is 23.5 Å². The molecule has 10 nitrogen and oxygen atoms in total. The number of amides is 3. The van der Waals surface area contributed by atoms with Crippen molar-refractivity contribution in [2.24, 2.45) is 5.73 Å². The molecule has 0 aromatic heterocycles. The first kappa shape index (κ1) is 25.1. The van der Waals surface area contributed by atoms with Crippen LogP contribution in [0.4, 0.5) is 5.69 Å². The van der Waals surface area contributed by atoms with E-state index in [4.69, 9.17) is 5.73 Å². The fraction of sp³-hybridized carbons (Fsp3) is 0.591. The molecular weight excluding hydrogens is 446 g/mol. The van der Waals surface area contributed by atoms with Gasteiger partial charge in [-0.2, -0.15) is 4.72 Å². The molecule has 0 radical (unpaired) electrons. The van der Waals surface area contributed by atoms with Gasteiger partial charge in [0.25, 0.3) is 5.91 Å². The highest BCUT2D eigenvalue weighted by Crippen LogP contribution is 2.29. The molecule has 11 heteroatoms. The minimum atomic E-state index is -4.27. The Labute approximate surface area is 195 Å². The van der Waals surface area contributed by atoms with Crippen molar-refractivity contribution in [2.45, 2.75) is 57.0 Å². The quantitative estimate of drug-likeness (QED) is 0.537. The molecule has 1 aromatic rings. The predicted octanol–water partition coefficient (Wildman–Crippen LogP) is 0.197. The smallest absolute Gasteiger partial charge is 0.250 e. The Morgan fingerprint density at radius 3 is 2.30 bits per heavy atom. The Kier molecular flexibility index (Phi) is 7.76. The number of piperidine rings is 1.